The molecule has 2 fully saturated rings. The molecule has 2 aliphatic rings. The average Bonchev–Trinajstić information content (AvgIpc) is 3.18. The number of phosphoric acid groups is 2. The van der Waals surface area contributed by atoms with Gasteiger partial charge >= 0.3 is 27.3 Å². The molecule has 2 unspecified atom stereocenters. The summed E-state index contributed by atoms with van der Waals surface area (Å²) in [7, 11) is -11.4. The highest BCUT2D eigenvalue weighted by Crippen LogP contribution is 2.61. The second-order valence-electron chi connectivity index (χ2n) is 9.24. The van der Waals surface area contributed by atoms with Crippen LogP contribution in [0.2, 0.25) is 0 Å². The molecule has 0 aliphatic carbocycles. The minimum Gasteiger partial charge on any atom is -0.478 e. The van der Waals surface area contributed by atoms with E-state index in [1.54, 1.807) is 0 Å². The number of ether oxygens (including phenoxy) is 3. The summed E-state index contributed by atoms with van der Waals surface area (Å²) in [6.45, 7) is 1.98. The van der Waals surface area contributed by atoms with Gasteiger partial charge in [0.25, 0.3) is 5.56 Å². The Bertz CT molecular complexity index is 1450. The number of aliphatic hydroxyl groups excluding tert-OH is 4. The third-order valence-electron chi connectivity index (χ3n) is 6.05. The van der Waals surface area contributed by atoms with Gasteiger partial charge in [0, 0.05) is 19.2 Å². The highest BCUT2D eigenvalue weighted by molar-refractivity contribution is 7.61. The number of carbonyl (C=O) groups excluding carboxylic acids is 1. The maximum absolute atomic E-state index is 12.7. The molecular formula is C20H29N3O19P2. The Hall–Kier alpha value is -2.82. The number of phosphoric ester groups is 2. The molecule has 3 heterocycles. The number of aliphatic carboxylic acids is 1. The fourth-order valence-corrected chi connectivity index (χ4v) is 6.26. The summed E-state index contributed by atoms with van der Waals surface area (Å²) in [4.78, 5) is 68.4. The van der Waals surface area contributed by atoms with Crippen LogP contribution in [-0.2, 0) is 46.3 Å². The number of H-pyrrole nitrogens is 1. The number of carbonyl (C=O) groups is 2. The third-order valence-corrected chi connectivity index (χ3v) is 8.65. The van der Waals surface area contributed by atoms with Gasteiger partial charge < -0.3 is 54.8 Å². The van der Waals surface area contributed by atoms with Crippen molar-refractivity contribution in [1.29, 1.82) is 0 Å². The molecule has 248 valence electrons. The molecule has 1 aromatic rings. The maximum Gasteiger partial charge on any atom is 0.483 e. The van der Waals surface area contributed by atoms with Crippen LogP contribution in [0.3, 0.4) is 0 Å². The van der Waals surface area contributed by atoms with Crippen LogP contribution in [-0.4, -0.2) is 119 Å². The van der Waals surface area contributed by atoms with E-state index in [0.29, 0.717) is 4.57 Å². The zero-order valence-electron chi connectivity index (χ0n) is 22.3. The first kappa shape index (κ1) is 35.7. The molecule has 2 aliphatic heterocycles. The molecule has 0 spiro atoms. The van der Waals surface area contributed by atoms with E-state index < -0.39 is 113 Å². The summed E-state index contributed by atoms with van der Waals surface area (Å²) in [6.07, 6.45) is -13.5. The van der Waals surface area contributed by atoms with E-state index in [4.69, 9.17) is 23.8 Å². The van der Waals surface area contributed by atoms with Gasteiger partial charge in [0.05, 0.1) is 13.2 Å². The molecule has 22 nitrogen and oxygen atoms in total. The quantitative estimate of drug-likeness (QED) is 0.0545. The molecular weight excluding hydrogens is 648 g/mol. The lowest BCUT2D eigenvalue weighted by Crippen LogP contribution is -2.65. The van der Waals surface area contributed by atoms with Gasteiger partial charge in [-0.3, -0.25) is 28.2 Å². The lowest BCUT2D eigenvalue weighted by molar-refractivity contribution is -0.251. The van der Waals surface area contributed by atoms with E-state index in [-0.39, 0.29) is 0 Å². The largest absolute Gasteiger partial charge is 0.483 e. The molecule has 1 amide bonds. The van der Waals surface area contributed by atoms with Gasteiger partial charge in [0.15, 0.2) is 24.4 Å². The lowest BCUT2D eigenvalue weighted by atomic mass is 9.96. The fourth-order valence-electron chi connectivity index (χ4n) is 4.10. The van der Waals surface area contributed by atoms with Crippen LogP contribution in [0.25, 0.3) is 0 Å². The van der Waals surface area contributed by atoms with E-state index in [9.17, 15) is 58.5 Å². The number of carboxylic acid groups (broad SMARTS) is 1. The van der Waals surface area contributed by atoms with Gasteiger partial charge in [0.1, 0.15) is 36.6 Å². The molecule has 0 bridgehead atoms. The molecule has 11 atom stereocenters. The van der Waals surface area contributed by atoms with Gasteiger partial charge in [-0.2, -0.15) is 4.31 Å². The molecule has 44 heavy (non-hydrogen) atoms. The van der Waals surface area contributed by atoms with Crippen molar-refractivity contribution in [2.75, 3.05) is 13.2 Å². The highest BCUT2D eigenvalue weighted by Gasteiger charge is 2.52. The minimum atomic E-state index is -5.76. The monoisotopic (exact) mass is 677 g/mol. The van der Waals surface area contributed by atoms with Crippen LogP contribution in [0.1, 0.15) is 13.2 Å². The Labute approximate surface area is 245 Å². The van der Waals surface area contributed by atoms with Crippen LogP contribution >= 0.6 is 15.6 Å². The number of aliphatic hydroxyl groups is 4. The second-order valence-corrected chi connectivity index (χ2v) is 12.2. The molecule has 24 heteroatoms. The first-order chi connectivity index (χ1) is 20.4. The highest BCUT2D eigenvalue weighted by atomic mass is 31.3. The summed E-state index contributed by atoms with van der Waals surface area (Å²) < 4.78 is 55.0. The van der Waals surface area contributed by atoms with Crippen LogP contribution in [0.5, 0.6) is 0 Å². The summed E-state index contributed by atoms with van der Waals surface area (Å²) in [6, 6.07) is -0.893. The number of hydrogen-bond acceptors (Lipinski definition) is 16. The predicted octanol–water partition coefficient (Wildman–Crippen LogP) is -4.03. The minimum absolute atomic E-state index is 0.703. The summed E-state index contributed by atoms with van der Waals surface area (Å²) >= 11 is 0. The number of nitrogens with one attached hydrogen (secondary N) is 2. The van der Waals surface area contributed by atoms with E-state index in [0.717, 1.165) is 19.2 Å². The second kappa shape index (κ2) is 14.1. The van der Waals surface area contributed by atoms with E-state index >= 15 is 0 Å². The van der Waals surface area contributed by atoms with Crippen molar-refractivity contribution in [3.05, 3.63) is 45.4 Å². The molecule has 9 N–H and O–H groups in total. The molecule has 2 saturated heterocycles. The van der Waals surface area contributed by atoms with Crippen LogP contribution < -0.4 is 16.6 Å². The predicted molar refractivity (Wildman–Crippen MR) is 136 cm³/mol. The number of amides is 1. The maximum atomic E-state index is 12.7. The van der Waals surface area contributed by atoms with Gasteiger partial charge in [-0.25, -0.2) is 18.7 Å². The van der Waals surface area contributed by atoms with Crippen molar-refractivity contribution in [2.24, 2.45) is 0 Å². The fraction of sp³-hybridized carbons (Fsp3) is 0.600. The zero-order valence-corrected chi connectivity index (χ0v) is 24.1. The van der Waals surface area contributed by atoms with E-state index in [2.05, 4.69) is 20.7 Å². The summed E-state index contributed by atoms with van der Waals surface area (Å²) in [5, 5.41) is 51.7. The van der Waals surface area contributed by atoms with Gasteiger partial charge in [0.2, 0.25) is 5.91 Å². The number of hydrogen-bond donors (Lipinski definition) is 9. The summed E-state index contributed by atoms with van der Waals surface area (Å²) in [5.74, 6) is -3.52. The van der Waals surface area contributed by atoms with E-state index in [1.165, 1.54) is 0 Å². The van der Waals surface area contributed by atoms with Crippen molar-refractivity contribution >= 4 is 27.5 Å². The van der Waals surface area contributed by atoms with Crippen molar-refractivity contribution in [2.45, 2.75) is 62.1 Å². The Balaban J connectivity index is 1.72. The average molecular weight is 677 g/mol. The smallest absolute Gasteiger partial charge is 0.478 e. The first-order valence-corrected chi connectivity index (χ1v) is 15.2. The Morgan fingerprint density at radius 1 is 1.09 bits per heavy atom. The van der Waals surface area contributed by atoms with Crippen molar-refractivity contribution in [1.82, 2.24) is 14.9 Å². The van der Waals surface area contributed by atoms with Crippen molar-refractivity contribution < 1.29 is 81.6 Å². The van der Waals surface area contributed by atoms with Crippen molar-refractivity contribution in [3.8, 4) is 0 Å². The number of aromatic nitrogens is 2. The van der Waals surface area contributed by atoms with Crippen molar-refractivity contribution in [3.63, 3.8) is 0 Å². The zero-order chi connectivity index (χ0) is 33.1. The molecule has 0 radical (unpaired) electrons. The van der Waals surface area contributed by atoms with Crippen LogP contribution in [0, 0.1) is 0 Å². The Kier molecular flexibility index (Phi) is 11.4. The SMILES string of the molecule is C=C(O[C@H]1[C@H](O)[C@H](CO)O[C@H](OP(=O)(O)OP(=O)(O)OC[C@@H]2O[C@H](n3ccc(=O)[nH]c3=O)[C@H](O)[C@@H]2O)[C@H]1NC(C)=O)C(=O)O. The third kappa shape index (κ3) is 8.67. The number of aromatic amines is 1. The topological polar surface area (TPSA) is 332 Å². The molecule has 3 rings (SSSR count). The molecule has 1 aromatic heterocycles. The lowest BCUT2D eigenvalue weighted by Gasteiger charge is -2.43. The van der Waals surface area contributed by atoms with Gasteiger partial charge in [-0.1, -0.05) is 0 Å². The Morgan fingerprint density at radius 3 is 2.32 bits per heavy atom. The number of carboxylic acids is 1. The van der Waals surface area contributed by atoms with E-state index in [1.807, 2.05) is 4.98 Å². The first-order valence-electron chi connectivity index (χ1n) is 12.2. The molecule has 0 aromatic carbocycles. The molecule has 0 saturated carbocycles. The standard InChI is InChI=1S/C20H29N3O19P2/c1-7(18(30)31)38-16-12(21-8(2)25)19(40-9(5-24)14(16)28)41-44(35,36)42-43(33,34)37-6-10-13(27)15(29)17(39-10)23-4-3-11(26)22-20(23)32/h3-4,9-10,12-17,19,24,27-29H,1,5-6H2,2H3,(H,21,25)(H,30,31)(H,33,34)(H,35,36)(H,22,26,32)/t9-,10-,12-,13+,14+,15+,16+,17-,19+/m0/s1. The normalized spacial score (nSPS) is 33.1. The van der Waals surface area contributed by atoms with Crippen LogP contribution in [0.15, 0.2) is 34.2 Å². The van der Waals surface area contributed by atoms with Gasteiger partial charge in [-0.15, -0.1) is 0 Å². The van der Waals surface area contributed by atoms with Crippen LogP contribution in [0.4, 0.5) is 0 Å². The Morgan fingerprint density at radius 2 is 1.75 bits per heavy atom. The number of nitrogens with zero attached hydrogens (tertiary/aromatic N) is 1. The number of rotatable bonds is 13. The summed E-state index contributed by atoms with van der Waals surface area (Å²) in [5.41, 5.74) is -1.80. The van der Waals surface area contributed by atoms with Gasteiger partial charge in [-0.05, 0) is 6.58 Å².